The van der Waals surface area contributed by atoms with Crippen LogP contribution in [0.5, 0.6) is 0 Å². The van der Waals surface area contributed by atoms with Gasteiger partial charge in [0.2, 0.25) is 0 Å². The van der Waals surface area contributed by atoms with Crippen LogP contribution in [-0.4, -0.2) is 19.5 Å². The van der Waals surface area contributed by atoms with Crippen LogP contribution >= 0.6 is 0 Å². The van der Waals surface area contributed by atoms with Crippen LogP contribution in [0.4, 0.5) is 4.69 Å². The number of anilines is 1. The van der Waals surface area contributed by atoms with Crippen molar-refractivity contribution in [2.75, 3.05) is 5.73 Å². The fraction of sp³-hybridized carbons (Fsp3) is 0.250. The van der Waals surface area contributed by atoms with Gasteiger partial charge in [0.15, 0.2) is 0 Å². The number of nitrogens with two attached hydrogens (primary N) is 1. The van der Waals surface area contributed by atoms with Crippen LogP contribution in [0, 0.1) is 6.92 Å². The van der Waals surface area contributed by atoms with Gasteiger partial charge in [-0.25, -0.2) is 0 Å². The number of aromatic nitrogens is 1. The number of hydrogen-bond acceptors (Lipinski definition) is 2. The summed E-state index contributed by atoms with van der Waals surface area (Å²) in [6.45, 7) is 2.04. The predicted octanol–water partition coefficient (Wildman–Crippen LogP) is 0.0292. The van der Waals surface area contributed by atoms with Gasteiger partial charge in [-0.2, -0.15) is 0 Å². The Kier molecular flexibility index (Phi) is 1.17. The Hall–Kier alpha value is -0.271. The summed E-state index contributed by atoms with van der Waals surface area (Å²) in [4.78, 5) is 3.88. The van der Waals surface area contributed by atoms with Gasteiger partial charge in [-0.05, 0) is 0 Å². The van der Waals surface area contributed by atoms with Crippen LogP contribution < -0.4 is 5.73 Å². The number of hydrogen-bond donors (Lipinski definition) is 1. The first-order valence-corrected chi connectivity index (χ1v) is 3.68. The van der Waals surface area contributed by atoms with Gasteiger partial charge in [0, 0.05) is 0 Å². The van der Waals surface area contributed by atoms with Gasteiger partial charge in [0.1, 0.15) is 0 Å². The zero-order chi connectivity index (χ0) is 5.28. The van der Waals surface area contributed by atoms with E-state index in [2.05, 4.69) is 4.98 Å². The van der Waals surface area contributed by atoms with E-state index in [0.717, 1.165) is 4.69 Å². The SMILES string of the molecule is Cc1cnc(N)[se]1. The van der Waals surface area contributed by atoms with E-state index < -0.39 is 0 Å². The fourth-order valence-electron chi connectivity index (χ4n) is 0.372. The average Bonchev–Trinajstić information content (AvgIpc) is 1.87. The van der Waals surface area contributed by atoms with Crippen LogP contribution in [0.15, 0.2) is 6.20 Å². The summed E-state index contributed by atoms with van der Waals surface area (Å²) >= 11 is 0.375. The topological polar surface area (TPSA) is 38.9 Å². The molecule has 2 N–H and O–H groups in total. The zero-order valence-corrected chi connectivity index (χ0v) is 5.72. The molecule has 1 aromatic heterocycles. The molecule has 0 amide bonds. The Balaban J connectivity index is 3.04. The molecule has 0 saturated heterocycles. The Morgan fingerprint density at radius 2 is 2.57 bits per heavy atom. The summed E-state index contributed by atoms with van der Waals surface area (Å²) in [6, 6.07) is 0. The van der Waals surface area contributed by atoms with E-state index in [1.165, 1.54) is 4.44 Å². The van der Waals surface area contributed by atoms with Crippen molar-refractivity contribution < 1.29 is 0 Å². The molecular weight excluding hydrogens is 155 g/mol. The number of nitrogen functional groups attached to an aromatic ring is 1. The van der Waals surface area contributed by atoms with Gasteiger partial charge < -0.3 is 0 Å². The van der Waals surface area contributed by atoms with Crippen LogP contribution in [0.2, 0.25) is 0 Å². The minimum atomic E-state index is 0.375. The minimum absolute atomic E-state index is 0.375. The molecule has 38 valence electrons. The van der Waals surface area contributed by atoms with Crippen molar-refractivity contribution >= 4 is 19.2 Å². The van der Waals surface area contributed by atoms with E-state index in [0.29, 0.717) is 14.5 Å². The van der Waals surface area contributed by atoms with Crippen molar-refractivity contribution in [2.45, 2.75) is 6.92 Å². The van der Waals surface area contributed by atoms with Crippen molar-refractivity contribution in [3.8, 4) is 0 Å². The zero-order valence-electron chi connectivity index (χ0n) is 4.01. The normalized spacial score (nSPS) is 9.29. The summed E-state index contributed by atoms with van der Waals surface area (Å²) in [5.74, 6) is 0. The molecule has 1 rings (SSSR count). The van der Waals surface area contributed by atoms with Crippen LogP contribution in [0.3, 0.4) is 0 Å². The molecule has 2 nitrogen and oxygen atoms in total. The average molecular weight is 161 g/mol. The van der Waals surface area contributed by atoms with Crippen molar-refractivity contribution in [3.05, 3.63) is 10.6 Å². The summed E-state index contributed by atoms with van der Waals surface area (Å²) < 4.78 is 2.11. The second kappa shape index (κ2) is 1.68. The maximum atomic E-state index is 5.35. The molecular formula is C4H6N2Se. The van der Waals surface area contributed by atoms with Crippen molar-refractivity contribution in [2.24, 2.45) is 0 Å². The molecule has 0 aliphatic rings. The van der Waals surface area contributed by atoms with Gasteiger partial charge in [-0.1, -0.05) is 0 Å². The molecule has 0 spiro atoms. The Bertz CT molecular complexity index is 142. The third-order valence-corrected chi connectivity index (χ3v) is 2.20. The molecule has 7 heavy (non-hydrogen) atoms. The molecule has 0 atom stereocenters. The first-order valence-electron chi connectivity index (χ1n) is 1.97. The van der Waals surface area contributed by atoms with E-state index in [-0.39, 0.29) is 0 Å². The Labute approximate surface area is 48.1 Å². The Morgan fingerprint density at radius 1 is 1.86 bits per heavy atom. The molecule has 0 radical (unpaired) electrons. The number of nitrogens with zero attached hydrogens (tertiary/aromatic N) is 1. The summed E-state index contributed by atoms with van der Waals surface area (Å²) in [5, 5.41) is 0. The van der Waals surface area contributed by atoms with Gasteiger partial charge in [0.25, 0.3) is 0 Å². The van der Waals surface area contributed by atoms with Gasteiger partial charge in [0.05, 0.1) is 0 Å². The molecule has 3 heteroatoms. The number of rotatable bonds is 0. The molecule has 0 aromatic carbocycles. The summed E-state index contributed by atoms with van der Waals surface area (Å²) in [5.41, 5.74) is 5.35. The standard InChI is InChI=1S/C4H6N2Se/c1-3-2-6-4(5)7-3/h2H,1H3,(H2,5,6). The molecule has 0 aliphatic heterocycles. The van der Waals surface area contributed by atoms with Crippen LogP contribution in [0.25, 0.3) is 0 Å². The third-order valence-electron chi connectivity index (χ3n) is 0.639. The predicted molar refractivity (Wildman–Crippen MR) is 30.3 cm³/mol. The monoisotopic (exact) mass is 162 g/mol. The van der Waals surface area contributed by atoms with Gasteiger partial charge >= 0.3 is 47.5 Å². The van der Waals surface area contributed by atoms with Crippen molar-refractivity contribution in [1.29, 1.82) is 0 Å². The van der Waals surface area contributed by atoms with Crippen LogP contribution in [-0.2, 0) is 0 Å². The molecule has 0 bridgehead atoms. The fourth-order valence-corrected chi connectivity index (χ4v) is 1.51. The molecule has 0 aliphatic carbocycles. The van der Waals surface area contributed by atoms with Crippen LogP contribution in [0.1, 0.15) is 4.44 Å². The first-order chi connectivity index (χ1) is 3.29. The second-order valence-corrected chi connectivity index (χ2v) is 3.97. The quantitative estimate of drug-likeness (QED) is 0.545. The van der Waals surface area contributed by atoms with E-state index in [1.54, 1.807) is 0 Å². The van der Waals surface area contributed by atoms with E-state index in [9.17, 15) is 0 Å². The van der Waals surface area contributed by atoms with Gasteiger partial charge in [-0.3, -0.25) is 0 Å². The third kappa shape index (κ3) is 1.05. The van der Waals surface area contributed by atoms with E-state index >= 15 is 0 Å². The Morgan fingerprint density at radius 3 is 2.71 bits per heavy atom. The molecule has 1 heterocycles. The molecule has 0 saturated carbocycles. The van der Waals surface area contributed by atoms with Crippen molar-refractivity contribution in [1.82, 2.24) is 4.98 Å². The van der Waals surface area contributed by atoms with Crippen molar-refractivity contribution in [3.63, 3.8) is 0 Å². The van der Waals surface area contributed by atoms with E-state index in [1.807, 2.05) is 13.1 Å². The van der Waals surface area contributed by atoms with Gasteiger partial charge in [-0.15, -0.1) is 0 Å². The summed E-state index contributed by atoms with van der Waals surface area (Å²) in [7, 11) is 0. The molecule has 0 unspecified atom stereocenters. The second-order valence-electron chi connectivity index (χ2n) is 1.31. The first kappa shape index (κ1) is 4.88. The summed E-state index contributed by atoms with van der Waals surface area (Å²) in [6.07, 6.45) is 1.83. The number of aryl methyl sites for hydroxylation is 1. The molecule has 0 fully saturated rings. The maximum absolute atomic E-state index is 5.35. The molecule has 1 aromatic rings. The van der Waals surface area contributed by atoms with E-state index in [4.69, 9.17) is 5.73 Å².